The number of aliphatic hydroxyl groups is 1. The van der Waals surface area contributed by atoms with Crippen LogP contribution in [0.2, 0.25) is 0 Å². The Labute approximate surface area is 149 Å². The smallest absolute Gasteiger partial charge is 0.155 e. The molecule has 128 valence electrons. The first-order valence-corrected chi connectivity index (χ1v) is 8.27. The largest absolute Gasteiger partial charge is 0.455 e. The van der Waals surface area contributed by atoms with Crippen LogP contribution in [-0.2, 0) is 0 Å². The van der Waals surface area contributed by atoms with Gasteiger partial charge < -0.3 is 14.7 Å². The van der Waals surface area contributed by atoms with Gasteiger partial charge in [-0.2, -0.15) is 0 Å². The van der Waals surface area contributed by atoms with Crippen molar-refractivity contribution in [1.29, 1.82) is 0 Å². The molecule has 5 nitrogen and oxygen atoms in total. The van der Waals surface area contributed by atoms with Gasteiger partial charge in [-0.05, 0) is 23.9 Å². The fraction of sp³-hybridized carbons (Fsp3) is 0.143. The van der Waals surface area contributed by atoms with Gasteiger partial charge >= 0.3 is 0 Å². The molecule has 0 radical (unpaired) electrons. The summed E-state index contributed by atoms with van der Waals surface area (Å²) in [5.74, 6) is 6.11. The zero-order chi connectivity index (χ0) is 17.9. The predicted octanol–water partition coefficient (Wildman–Crippen LogP) is 1.36. The molecule has 4 rings (SSSR count). The van der Waals surface area contributed by atoms with E-state index in [2.05, 4.69) is 22.0 Å². The number of aliphatic hydroxyl groups excluding tert-OH is 1. The minimum Gasteiger partial charge on any atom is -0.455 e. The van der Waals surface area contributed by atoms with Crippen LogP contribution in [0.5, 0.6) is 0 Å². The van der Waals surface area contributed by atoms with E-state index in [1.54, 1.807) is 12.3 Å². The van der Waals surface area contributed by atoms with Crippen LogP contribution in [0.25, 0.3) is 34.4 Å². The van der Waals surface area contributed by atoms with E-state index < -0.39 is 0 Å². The number of pyridine rings is 1. The van der Waals surface area contributed by atoms with E-state index in [1.165, 1.54) is 0 Å². The van der Waals surface area contributed by atoms with Crippen molar-refractivity contribution in [1.82, 2.24) is 4.98 Å². The molecule has 0 aliphatic heterocycles. The Morgan fingerprint density at radius 1 is 1.23 bits per heavy atom. The molecule has 1 aromatic carbocycles. The molecule has 0 saturated carbocycles. The number of hydrogen-bond acceptors (Lipinski definition) is 5. The van der Waals surface area contributed by atoms with E-state index >= 15 is 0 Å². The monoisotopic (exact) mass is 344 g/mol. The second-order valence-corrected chi connectivity index (χ2v) is 5.98. The molecule has 0 amide bonds. The van der Waals surface area contributed by atoms with Crippen LogP contribution in [0, 0.1) is 17.8 Å². The van der Waals surface area contributed by atoms with Gasteiger partial charge in [0.15, 0.2) is 5.76 Å². The second kappa shape index (κ2) is 6.87. The van der Waals surface area contributed by atoms with Crippen LogP contribution in [0.4, 0.5) is 0 Å². The average Bonchev–Trinajstić information content (AvgIpc) is 2.70. The number of hydrogen-bond donors (Lipinski definition) is 2. The molecule has 1 atom stereocenters. The molecule has 3 aromatic rings. The maximum atomic E-state index is 9.41. The van der Waals surface area contributed by atoms with Gasteiger partial charge in [0.25, 0.3) is 0 Å². The van der Waals surface area contributed by atoms with Gasteiger partial charge in [0.1, 0.15) is 23.1 Å². The van der Waals surface area contributed by atoms with E-state index in [9.17, 15) is 5.21 Å². The molecule has 1 unspecified atom stereocenters. The lowest BCUT2D eigenvalue weighted by Crippen LogP contribution is -2.41. The van der Waals surface area contributed by atoms with Gasteiger partial charge in [-0.25, -0.2) is 0 Å². The van der Waals surface area contributed by atoms with E-state index in [0.717, 1.165) is 16.0 Å². The summed E-state index contributed by atoms with van der Waals surface area (Å²) in [7, 11) is 0. The maximum absolute atomic E-state index is 9.41. The first kappa shape index (κ1) is 16.1. The third-order valence-corrected chi connectivity index (χ3v) is 4.32. The first-order chi connectivity index (χ1) is 12.8. The van der Waals surface area contributed by atoms with Gasteiger partial charge in [-0.15, -0.1) is 0 Å². The molecule has 2 aromatic heterocycles. The second-order valence-electron chi connectivity index (χ2n) is 5.98. The summed E-state index contributed by atoms with van der Waals surface area (Å²) in [4.78, 5) is 4.47. The molecule has 2 N–H and O–H groups in total. The van der Waals surface area contributed by atoms with Crippen molar-refractivity contribution < 1.29 is 14.7 Å². The lowest BCUT2D eigenvalue weighted by Gasteiger charge is -2.08. The topological polar surface area (TPSA) is 78.9 Å². The highest BCUT2D eigenvalue weighted by Gasteiger charge is 2.11. The summed E-state index contributed by atoms with van der Waals surface area (Å²) >= 11 is 0. The number of aromatic nitrogens is 1. The van der Waals surface area contributed by atoms with Gasteiger partial charge in [0.05, 0.1) is 0 Å². The summed E-state index contributed by atoms with van der Waals surface area (Å²) in [5, 5.41) is 25.0. The quantitative estimate of drug-likeness (QED) is 0.397. The predicted molar refractivity (Wildman–Crippen MR) is 97.9 cm³/mol. The molecule has 1 aliphatic carbocycles. The summed E-state index contributed by atoms with van der Waals surface area (Å²) < 4.78 is 6.04. The third-order valence-electron chi connectivity index (χ3n) is 4.32. The molecule has 26 heavy (non-hydrogen) atoms. The number of nitrogens with zero attached hydrogens (tertiary/aromatic N) is 2. The van der Waals surface area contributed by atoms with Crippen LogP contribution in [-0.4, -0.2) is 21.9 Å². The first-order valence-electron chi connectivity index (χ1n) is 8.27. The highest BCUT2D eigenvalue weighted by molar-refractivity contribution is 5.84. The average molecular weight is 344 g/mol. The molecule has 0 bridgehead atoms. The summed E-state index contributed by atoms with van der Waals surface area (Å²) in [5.41, 5.74) is 1.25. The van der Waals surface area contributed by atoms with E-state index in [1.807, 2.05) is 42.5 Å². The lowest BCUT2D eigenvalue weighted by atomic mass is 10.00. The van der Waals surface area contributed by atoms with Crippen molar-refractivity contribution in [2.24, 2.45) is 11.1 Å². The van der Waals surface area contributed by atoms with Crippen molar-refractivity contribution in [3.63, 3.8) is 0 Å². The van der Waals surface area contributed by atoms with E-state index in [0.29, 0.717) is 28.6 Å². The molecule has 2 heterocycles. The lowest BCUT2D eigenvalue weighted by molar-refractivity contribution is 0.300. The van der Waals surface area contributed by atoms with Crippen LogP contribution in [0.15, 0.2) is 52.2 Å². The summed E-state index contributed by atoms with van der Waals surface area (Å²) in [6, 6.07) is 11.6. The van der Waals surface area contributed by atoms with Gasteiger partial charge in [-0.1, -0.05) is 47.3 Å². The minimum absolute atomic E-state index is 0.0512. The zero-order valence-corrected chi connectivity index (χ0v) is 13.9. The minimum atomic E-state index is -0.174. The molecule has 0 saturated heterocycles. The Kier molecular flexibility index (Phi) is 4.26. The Morgan fingerprint density at radius 3 is 2.88 bits per heavy atom. The maximum Gasteiger partial charge on any atom is 0.155 e. The van der Waals surface area contributed by atoms with Crippen molar-refractivity contribution in [2.45, 2.75) is 6.42 Å². The highest BCUT2D eigenvalue weighted by atomic mass is 16.4. The van der Waals surface area contributed by atoms with Gasteiger partial charge in [0.2, 0.25) is 0 Å². The Morgan fingerprint density at radius 2 is 2.08 bits per heavy atom. The standard InChI is InChI=1S/C21H16N2O3/c24-9-3-4-14-7-8-17-18(23-25)12-21(26-20(17)10-14)19-11-15-5-1-2-6-16(15)13-22-19/h1-2,5-6,8,10-14,24-25H,7,9H2/b23-18+. The highest BCUT2D eigenvalue weighted by Crippen LogP contribution is 2.20. The van der Waals surface area contributed by atoms with Crippen LogP contribution in [0.3, 0.4) is 0 Å². The summed E-state index contributed by atoms with van der Waals surface area (Å²) in [6.45, 7) is -0.174. The number of fused-ring (bicyclic) bond motifs is 2. The Hall–Kier alpha value is -3.36. The van der Waals surface area contributed by atoms with Crippen LogP contribution < -0.4 is 16.0 Å². The SMILES string of the molecule is OCC#CC1C=c2oc(-c3cc4ccccc4cn3)c/c(=N\O)c2=CC1. The van der Waals surface area contributed by atoms with Crippen LogP contribution >= 0.6 is 0 Å². The Balaban J connectivity index is 1.91. The van der Waals surface area contributed by atoms with Crippen molar-refractivity contribution in [3.05, 3.63) is 58.6 Å². The molecule has 0 fully saturated rings. The third kappa shape index (κ3) is 2.99. The number of benzene rings is 1. The van der Waals surface area contributed by atoms with Crippen molar-refractivity contribution in [3.8, 4) is 23.3 Å². The Bertz CT molecular complexity index is 1230. The van der Waals surface area contributed by atoms with Crippen molar-refractivity contribution >= 4 is 22.9 Å². The van der Waals surface area contributed by atoms with Crippen molar-refractivity contribution in [2.75, 3.05) is 6.61 Å². The fourth-order valence-electron chi connectivity index (χ4n) is 3.06. The molecule has 1 aliphatic rings. The molecular weight excluding hydrogens is 328 g/mol. The normalized spacial score (nSPS) is 16.2. The molecular formula is C21H16N2O3. The van der Waals surface area contributed by atoms with E-state index in [4.69, 9.17) is 9.52 Å². The summed E-state index contributed by atoms with van der Waals surface area (Å²) in [6.07, 6.45) is 6.28. The van der Waals surface area contributed by atoms with Gasteiger partial charge in [0, 0.05) is 28.8 Å². The molecule has 0 spiro atoms. The van der Waals surface area contributed by atoms with Gasteiger partial charge in [-0.3, -0.25) is 4.98 Å². The fourth-order valence-corrected chi connectivity index (χ4v) is 3.06. The van der Waals surface area contributed by atoms with Crippen LogP contribution in [0.1, 0.15) is 6.42 Å². The number of rotatable bonds is 1. The zero-order valence-electron chi connectivity index (χ0n) is 13.9. The van der Waals surface area contributed by atoms with E-state index in [-0.39, 0.29) is 12.5 Å². The molecule has 5 heteroatoms.